The first-order chi connectivity index (χ1) is 16.9. The summed E-state index contributed by atoms with van der Waals surface area (Å²) in [7, 11) is -3.40. The van der Waals surface area contributed by atoms with Crippen LogP contribution in [0.5, 0.6) is 0 Å². The molecule has 1 N–H and O–H groups in total. The van der Waals surface area contributed by atoms with Crippen LogP contribution in [-0.4, -0.2) is 43.1 Å². The SMILES string of the molecule is CCCN1CCc2c(sc(NC(=O)c3cccc(S(=O)(=O)CC)c3)c2-c2nc3ccccc3s2)C1. The average molecular weight is 526 g/mol. The fourth-order valence-corrected chi connectivity index (χ4v) is 7.75. The molecule has 0 atom stereocenters. The van der Waals surface area contributed by atoms with Crippen LogP contribution in [-0.2, 0) is 22.8 Å². The first-order valence-corrected chi connectivity index (χ1v) is 15.0. The molecule has 6 nitrogen and oxygen atoms in total. The molecular weight excluding hydrogens is 499 g/mol. The summed E-state index contributed by atoms with van der Waals surface area (Å²) in [5.41, 5.74) is 3.55. The number of hydrogen-bond donors (Lipinski definition) is 1. The highest BCUT2D eigenvalue weighted by molar-refractivity contribution is 7.91. The number of hydrogen-bond acceptors (Lipinski definition) is 7. The van der Waals surface area contributed by atoms with Gasteiger partial charge in [-0.25, -0.2) is 13.4 Å². The average Bonchev–Trinajstić information content (AvgIpc) is 3.44. The topological polar surface area (TPSA) is 79.4 Å². The number of benzene rings is 2. The van der Waals surface area contributed by atoms with E-state index in [1.165, 1.54) is 22.6 Å². The molecule has 1 amide bonds. The number of aromatic nitrogens is 1. The zero-order valence-electron chi connectivity index (χ0n) is 19.7. The number of thiazole rings is 1. The van der Waals surface area contributed by atoms with E-state index in [1.807, 2.05) is 18.2 Å². The Kier molecular flexibility index (Phi) is 6.76. The number of carbonyl (C=O) groups excluding carboxylic acids is 1. The lowest BCUT2D eigenvalue weighted by Crippen LogP contribution is -2.30. The standard InChI is InChI=1S/C26H27N3O3S3/c1-3-13-29-14-12-19-22(16-29)34-26(23(19)25-27-20-10-5-6-11-21(20)33-25)28-24(30)17-8-7-9-18(15-17)35(31,32)4-2/h5-11,15H,3-4,12-14,16H2,1-2H3,(H,28,30). The Morgan fingerprint density at radius 1 is 1.11 bits per heavy atom. The first-order valence-electron chi connectivity index (χ1n) is 11.8. The van der Waals surface area contributed by atoms with Crippen molar-refractivity contribution < 1.29 is 13.2 Å². The van der Waals surface area contributed by atoms with Gasteiger partial charge in [0.2, 0.25) is 0 Å². The Labute approximate surface area is 213 Å². The van der Waals surface area contributed by atoms with Gasteiger partial charge in [0.05, 0.1) is 20.9 Å². The summed E-state index contributed by atoms with van der Waals surface area (Å²) in [6, 6.07) is 14.3. The Morgan fingerprint density at radius 3 is 2.71 bits per heavy atom. The number of carbonyl (C=O) groups is 1. The van der Waals surface area contributed by atoms with Crippen molar-refractivity contribution in [1.82, 2.24) is 9.88 Å². The van der Waals surface area contributed by atoms with Gasteiger partial charge in [0.1, 0.15) is 10.0 Å². The van der Waals surface area contributed by atoms with E-state index in [9.17, 15) is 13.2 Å². The van der Waals surface area contributed by atoms with Crippen LogP contribution in [0.4, 0.5) is 5.00 Å². The van der Waals surface area contributed by atoms with Crippen molar-refractivity contribution in [3.8, 4) is 10.6 Å². The molecule has 0 aliphatic carbocycles. The van der Waals surface area contributed by atoms with Gasteiger partial charge in [-0.15, -0.1) is 22.7 Å². The van der Waals surface area contributed by atoms with E-state index >= 15 is 0 Å². The number of rotatable bonds is 7. The molecule has 1 aliphatic rings. The largest absolute Gasteiger partial charge is 0.313 e. The lowest BCUT2D eigenvalue weighted by molar-refractivity contribution is 0.102. The van der Waals surface area contributed by atoms with Crippen LogP contribution in [0, 0.1) is 0 Å². The van der Waals surface area contributed by atoms with Crippen molar-refractivity contribution in [2.45, 2.75) is 38.1 Å². The van der Waals surface area contributed by atoms with E-state index < -0.39 is 9.84 Å². The molecule has 3 heterocycles. The highest BCUT2D eigenvalue weighted by atomic mass is 32.2. The molecule has 0 fully saturated rings. The van der Waals surface area contributed by atoms with Gasteiger partial charge in [-0.3, -0.25) is 9.69 Å². The fraction of sp³-hybridized carbons (Fsp3) is 0.308. The third kappa shape index (κ3) is 4.78. The predicted octanol–water partition coefficient (Wildman–Crippen LogP) is 5.84. The molecule has 0 saturated heterocycles. The van der Waals surface area contributed by atoms with Gasteiger partial charge in [0.15, 0.2) is 9.84 Å². The van der Waals surface area contributed by atoms with Crippen molar-refractivity contribution in [3.63, 3.8) is 0 Å². The fourth-order valence-electron chi connectivity index (χ4n) is 4.43. The van der Waals surface area contributed by atoms with E-state index in [0.29, 0.717) is 5.56 Å². The van der Waals surface area contributed by atoms with E-state index in [1.54, 1.807) is 41.7 Å². The number of nitrogens with zero attached hydrogens (tertiary/aromatic N) is 2. The number of anilines is 1. The zero-order valence-corrected chi connectivity index (χ0v) is 22.2. The minimum Gasteiger partial charge on any atom is -0.313 e. The van der Waals surface area contributed by atoms with Crippen LogP contribution >= 0.6 is 22.7 Å². The second-order valence-electron chi connectivity index (χ2n) is 8.61. The Morgan fingerprint density at radius 2 is 1.94 bits per heavy atom. The number of nitrogens with one attached hydrogen (secondary N) is 1. The molecule has 2 aromatic carbocycles. The first kappa shape index (κ1) is 24.1. The third-order valence-electron chi connectivity index (χ3n) is 6.25. The molecule has 9 heteroatoms. The Balaban J connectivity index is 1.55. The molecule has 0 bridgehead atoms. The van der Waals surface area contributed by atoms with Gasteiger partial charge in [-0.1, -0.05) is 32.0 Å². The van der Waals surface area contributed by atoms with E-state index in [4.69, 9.17) is 4.98 Å². The highest BCUT2D eigenvalue weighted by Crippen LogP contribution is 2.45. The maximum absolute atomic E-state index is 13.3. The smallest absolute Gasteiger partial charge is 0.256 e. The van der Waals surface area contributed by atoms with Gasteiger partial charge >= 0.3 is 0 Å². The van der Waals surface area contributed by atoms with Crippen molar-refractivity contribution in [2.24, 2.45) is 0 Å². The maximum Gasteiger partial charge on any atom is 0.256 e. The monoisotopic (exact) mass is 525 g/mol. The van der Waals surface area contributed by atoms with Gasteiger partial charge in [0, 0.05) is 29.1 Å². The van der Waals surface area contributed by atoms with Crippen LogP contribution in [0.1, 0.15) is 41.1 Å². The quantitative estimate of drug-likeness (QED) is 0.328. The molecule has 0 saturated carbocycles. The van der Waals surface area contributed by atoms with Gasteiger partial charge in [0.25, 0.3) is 5.91 Å². The molecule has 1 aliphatic heterocycles. The van der Waals surface area contributed by atoms with Crippen LogP contribution in [0.25, 0.3) is 20.8 Å². The molecular formula is C26H27N3O3S3. The number of sulfone groups is 1. The summed E-state index contributed by atoms with van der Waals surface area (Å²) in [6.45, 7) is 6.69. The van der Waals surface area contributed by atoms with E-state index in [-0.39, 0.29) is 16.6 Å². The third-order valence-corrected chi connectivity index (χ3v) is 10.2. The lowest BCUT2D eigenvalue weighted by Gasteiger charge is -2.26. The van der Waals surface area contributed by atoms with E-state index in [0.717, 1.165) is 58.3 Å². The molecule has 0 spiro atoms. The number of fused-ring (bicyclic) bond motifs is 2. The van der Waals surface area contributed by atoms with Crippen molar-refractivity contribution in [1.29, 1.82) is 0 Å². The van der Waals surface area contributed by atoms with Crippen LogP contribution in [0.2, 0.25) is 0 Å². The lowest BCUT2D eigenvalue weighted by atomic mass is 10.0. The summed E-state index contributed by atoms with van der Waals surface area (Å²) >= 11 is 3.24. The minimum absolute atomic E-state index is 0.00820. The van der Waals surface area contributed by atoms with Gasteiger partial charge in [-0.05, 0) is 55.3 Å². The van der Waals surface area contributed by atoms with Crippen molar-refractivity contribution in [2.75, 3.05) is 24.2 Å². The maximum atomic E-state index is 13.3. The summed E-state index contributed by atoms with van der Waals surface area (Å²) < 4.78 is 25.8. The molecule has 5 rings (SSSR count). The summed E-state index contributed by atoms with van der Waals surface area (Å²) in [5.74, 6) is -0.323. The predicted molar refractivity (Wildman–Crippen MR) is 144 cm³/mol. The van der Waals surface area contributed by atoms with Crippen LogP contribution < -0.4 is 5.32 Å². The summed E-state index contributed by atoms with van der Waals surface area (Å²) in [5, 5.41) is 4.79. The second kappa shape index (κ2) is 9.81. The van der Waals surface area contributed by atoms with E-state index in [2.05, 4.69) is 23.2 Å². The van der Waals surface area contributed by atoms with Crippen molar-refractivity contribution >= 4 is 53.6 Å². The summed E-state index contributed by atoms with van der Waals surface area (Å²) in [6.07, 6.45) is 2.02. The number of para-hydroxylation sites is 1. The highest BCUT2D eigenvalue weighted by Gasteiger charge is 2.28. The molecule has 0 unspecified atom stereocenters. The normalized spacial score (nSPS) is 14.2. The van der Waals surface area contributed by atoms with Crippen LogP contribution in [0.3, 0.4) is 0 Å². The van der Waals surface area contributed by atoms with Crippen molar-refractivity contribution in [3.05, 3.63) is 64.5 Å². The van der Waals surface area contributed by atoms with Crippen LogP contribution in [0.15, 0.2) is 53.4 Å². The number of amides is 1. The molecule has 4 aromatic rings. The van der Waals surface area contributed by atoms with Gasteiger partial charge in [-0.2, -0.15) is 0 Å². The minimum atomic E-state index is -3.40. The Bertz CT molecular complexity index is 1470. The Hall–Kier alpha value is -2.59. The second-order valence-corrected chi connectivity index (χ2v) is 13.0. The zero-order chi connectivity index (χ0) is 24.6. The summed E-state index contributed by atoms with van der Waals surface area (Å²) in [4.78, 5) is 22.1. The van der Waals surface area contributed by atoms with Gasteiger partial charge < -0.3 is 5.32 Å². The molecule has 0 radical (unpaired) electrons. The molecule has 2 aromatic heterocycles. The molecule has 35 heavy (non-hydrogen) atoms. The molecule has 182 valence electrons. The number of thiophene rings is 1.